The quantitative estimate of drug-likeness (QED) is 0.772. The van der Waals surface area contributed by atoms with Crippen molar-refractivity contribution in [1.29, 1.82) is 0 Å². The Morgan fingerprint density at radius 2 is 1.88 bits per heavy atom. The predicted molar refractivity (Wildman–Crippen MR) is 118 cm³/mol. The van der Waals surface area contributed by atoms with Gasteiger partial charge < -0.3 is 15.0 Å². The third kappa shape index (κ3) is 4.44. The van der Waals surface area contributed by atoms with Crippen molar-refractivity contribution in [3.05, 3.63) is 53.8 Å². The highest BCUT2D eigenvalue weighted by Crippen LogP contribution is 2.37. The third-order valence-corrected chi connectivity index (χ3v) is 5.81. The van der Waals surface area contributed by atoms with Crippen LogP contribution in [-0.4, -0.2) is 48.4 Å². The molecular formula is C24H26FN3O4. The maximum absolute atomic E-state index is 14.0. The van der Waals surface area contributed by atoms with Crippen LogP contribution in [0.2, 0.25) is 0 Å². The number of piperidine rings is 1. The van der Waals surface area contributed by atoms with Gasteiger partial charge in [-0.1, -0.05) is 19.1 Å². The summed E-state index contributed by atoms with van der Waals surface area (Å²) in [5.41, 5.74) is 0.705. The number of fused-ring (bicyclic) bond motifs is 1. The van der Waals surface area contributed by atoms with Crippen LogP contribution in [0.4, 0.5) is 15.8 Å². The number of likely N-dealkylation sites (tertiary alicyclic amines) is 1. The van der Waals surface area contributed by atoms with Crippen molar-refractivity contribution in [3.63, 3.8) is 0 Å². The van der Waals surface area contributed by atoms with Crippen molar-refractivity contribution in [1.82, 2.24) is 4.90 Å². The number of anilines is 2. The molecule has 0 aromatic heterocycles. The van der Waals surface area contributed by atoms with Crippen LogP contribution in [0.1, 0.15) is 43.0 Å². The van der Waals surface area contributed by atoms with E-state index in [1.54, 1.807) is 29.2 Å². The Labute approximate surface area is 186 Å². The summed E-state index contributed by atoms with van der Waals surface area (Å²) >= 11 is 0. The molecule has 1 fully saturated rings. The highest BCUT2D eigenvalue weighted by Gasteiger charge is 2.35. The summed E-state index contributed by atoms with van der Waals surface area (Å²) in [4.78, 5) is 41.6. The van der Waals surface area contributed by atoms with Crippen molar-refractivity contribution >= 4 is 29.1 Å². The third-order valence-electron chi connectivity index (χ3n) is 5.81. The Balaban J connectivity index is 1.59. The maximum Gasteiger partial charge on any atom is 0.268 e. The van der Waals surface area contributed by atoms with E-state index in [1.807, 2.05) is 6.92 Å². The first-order valence-corrected chi connectivity index (χ1v) is 10.9. The van der Waals surface area contributed by atoms with Crippen molar-refractivity contribution in [2.45, 2.75) is 38.7 Å². The normalized spacial score (nSPS) is 18.1. The molecule has 7 nitrogen and oxygen atoms in total. The molecular weight excluding hydrogens is 413 g/mol. The van der Waals surface area contributed by atoms with Crippen molar-refractivity contribution in [2.75, 3.05) is 29.9 Å². The summed E-state index contributed by atoms with van der Waals surface area (Å²) in [5.74, 6) is -1.16. The van der Waals surface area contributed by atoms with Crippen LogP contribution in [0.3, 0.4) is 0 Å². The number of ether oxygens (including phenoxy) is 1. The van der Waals surface area contributed by atoms with E-state index in [-0.39, 0.29) is 23.9 Å². The van der Waals surface area contributed by atoms with E-state index in [2.05, 4.69) is 5.32 Å². The van der Waals surface area contributed by atoms with Gasteiger partial charge in [0.1, 0.15) is 18.1 Å². The number of amides is 3. The molecule has 1 unspecified atom stereocenters. The Bertz CT molecular complexity index is 1040. The smallest absolute Gasteiger partial charge is 0.268 e. The summed E-state index contributed by atoms with van der Waals surface area (Å²) in [6.07, 6.45) is 2.83. The van der Waals surface area contributed by atoms with Gasteiger partial charge in [-0.2, -0.15) is 0 Å². The number of carbonyl (C=O) groups excluding carboxylic acids is 3. The molecule has 1 atom stereocenters. The fourth-order valence-corrected chi connectivity index (χ4v) is 4.05. The molecule has 2 aliphatic heterocycles. The molecule has 0 saturated carbocycles. The van der Waals surface area contributed by atoms with Crippen molar-refractivity contribution < 1.29 is 23.5 Å². The Hall–Kier alpha value is -3.42. The molecule has 0 radical (unpaired) electrons. The second-order valence-corrected chi connectivity index (χ2v) is 8.00. The first-order chi connectivity index (χ1) is 15.5. The van der Waals surface area contributed by atoms with Gasteiger partial charge in [-0.05, 0) is 56.0 Å². The Morgan fingerprint density at radius 3 is 2.59 bits per heavy atom. The standard InChI is InChI=1S/C24H26FN3O4/c1-2-20-24(31)28(15-22(29)27-12-6-3-7-13-27)19-14-16(10-11-21(19)32-20)26-23(30)17-8-4-5-9-18(17)25/h4-5,8-11,14,20H,2-3,6-7,12-13,15H2,1H3,(H,26,30). The van der Waals surface area contributed by atoms with Gasteiger partial charge in [0.25, 0.3) is 11.8 Å². The van der Waals surface area contributed by atoms with E-state index in [1.165, 1.54) is 23.1 Å². The molecule has 0 spiro atoms. The molecule has 2 aliphatic rings. The fraction of sp³-hybridized carbons (Fsp3) is 0.375. The zero-order valence-electron chi connectivity index (χ0n) is 18.0. The van der Waals surface area contributed by atoms with E-state index < -0.39 is 17.8 Å². The van der Waals surface area contributed by atoms with Gasteiger partial charge in [0.15, 0.2) is 6.10 Å². The van der Waals surface area contributed by atoms with E-state index in [9.17, 15) is 18.8 Å². The molecule has 1 N–H and O–H groups in total. The van der Waals surface area contributed by atoms with Crippen molar-refractivity contribution in [3.8, 4) is 5.75 Å². The van der Waals surface area contributed by atoms with Crippen LogP contribution < -0.4 is 15.0 Å². The SMILES string of the molecule is CCC1Oc2ccc(NC(=O)c3ccccc3F)cc2N(CC(=O)N2CCCCC2)C1=O. The fourth-order valence-electron chi connectivity index (χ4n) is 4.05. The minimum atomic E-state index is -0.671. The maximum atomic E-state index is 14.0. The largest absolute Gasteiger partial charge is 0.478 e. The summed E-state index contributed by atoms with van der Waals surface area (Å²) in [6, 6.07) is 10.6. The zero-order chi connectivity index (χ0) is 22.7. The van der Waals surface area contributed by atoms with Crippen LogP contribution in [-0.2, 0) is 9.59 Å². The lowest BCUT2D eigenvalue weighted by Gasteiger charge is -2.36. The van der Waals surface area contributed by atoms with Crippen LogP contribution in [0, 0.1) is 5.82 Å². The molecule has 4 rings (SSSR count). The number of rotatable bonds is 5. The van der Waals surface area contributed by atoms with Gasteiger partial charge in [0, 0.05) is 18.8 Å². The molecule has 3 amide bonds. The highest BCUT2D eigenvalue weighted by atomic mass is 19.1. The van der Waals surface area contributed by atoms with Crippen molar-refractivity contribution in [2.24, 2.45) is 0 Å². The molecule has 0 aliphatic carbocycles. The number of nitrogens with one attached hydrogen (secondary N) is 1. The second-order valence-electron chi connectivity index (χ2n) is 8.00. The predicted octanol–water partition coefficient (Wildman–Crippen LogP) is 3.59. The second kappa shape index (κ2) is 9.38. The lowest BCUT2D eigenvalue weighted by Crippen LogP contribution is -2.51. The van der Waals surface area contributed by atoms with Crippen LogP contribution in [0.25, 0.3) is 0 Å². The van der Waals surface area contributed by atoms with E-state index in [4.69, 9.17) is 4.74 Å². The average molecular weight is 439 g/mol. The van der Waals surface area contributed by atoms with Gasteiger partial charge in [-0.3, -0.25) is 19.3 Å². The van der Waals surface area contributed by atoms with Crippen LogP contribution in [0.15, 0.2) is 42.5 Å². The summed E-state index contributed by atoms with van der Waals surface area (Å²) in [6.45, 7) is 3.15. The summed E-state index contributed by atoms with van der Waals surface area (Å²) < 4.78 is 19.8. The van der Waals surface area contributed by atoms with Gasteiger partial charge in [0.05, 0.1) is 11.3 Å². The number of carbonyl (C=O) groups is 3. The minimum Gasteiger partial charge on any atom is -0.478 e. The number of nitrogens with zero attached hydrogens (tertiary/aromatic N) is 2. The number of hydrogen-bond acceptors (Lipinski definition) is 4. The van der Waals surface area contributed by atoms with Gasteiger partial charge in [-0.15, -0.1) is 0 Å². The monoisotopic (exact) mass is 439 g/mol. The lowest BCUT2D eigenvalue weighted by molar-refractivity contribution is -0.134. The van der Waals surface area contributed by atoms with Crippen LogP contribution >= 0.6 is 0 Å². The lowest BCUT2D eigenvalue weighted by atomic mass is 10.1. The molecule has 32 heavy (non-hydrogen) atoms. The van der Waals surface area contributed by atoms with Gasteiger partial charge in [-0.25, -0.2) is 4.39 Å². The summed E-state index contributed by atoms with van der Waals surface area (Å²) in [7, 11) is 0. The van der Waals surface area contributed by atoms with E-state index in [0.717, 1.165) is 19.3 Å². The number of benzene rings is 2. The summed E-state index contributed by atoms with van der Waals surface area (Å²) in [5, 5.41) is 2.66. The topological polar surface area (TPSA) is 79.0 Å². The highest BCUT2D eigenvalue weighted by molar-refractivity contribution is 6.07. The first-order valence-electron chi connectivity index (χ1n) is 10.9. The number of halogens is 1. The Kier molecular flexibility index (Phi) is 6.39. The molecule has 168 valence electrons. The zero-order valence-corrected chi connectivity index (χ0v) is 18.0. The van der Waals surface area contributed by atoms with Crippen LogP contribution in [0.5, 0.6) is 5.75 Å². The molecule has 1 saturated heterocycles. The average Bonchev–Trinajstić information content (AvgIpc) is 2.81. The van der Waals surface area contributed by atoms with E-state index in [0.29, 0.717) is 36.6 Å². The molecule has 8 heteroatoms. The first kappa shape index (κ1) is 21.8. The Morgan fingerprint density at radius 1 is 1.12 bits per heavy atom. The minimum absolute atomic E-state index is 0.0827. The number of hydrogen-bond donors (Lipinski definition) is 1. The molecule has 2 heterocycles. The van der Waals surface area contributed by atoms with E-state index >= 15 is 0 Å². The molecule has 2 aromatic rings. The molecule has 2 aromatic carbocycles. The molecule has 0 bridgehead atoms. The van der Waals surface area contributed by atoms with Gasteiger partial charge >= 0.3 is 0 Å². The van der Waals surface area contributed by atoms with Gasteiger partial charge in [0.2, 0.25) is 5.91 Å².